The van der Waals surface area contributed by atoms with E-state index in [-0.39, 0.29) is 0 Å². The molecule has 0 aliphatic rings. The van der Waals surface area contributed by atoms with Crippen LogP contribution in [0.3, 0.4) is 0 Å². The van der Waals surface area contributed by atoms with Crippen LogP contribution in [-0.2, 0) is 0 Å². The van der Waals surface area contributed by atoms with Crippen molar-refractivity contribution >= 4 is 13.9 Å². The Hall–Kier alpha value is -0.893. The first-order chi connectivity index (χ1) is 8.17. The Morgan fingerprint density at radius 2 is 1.53 bits per heavy atom. The Balaban J connectivity index is 2.59. The average Bonchev–Trinajstić information content (AvgIpc) is 2.41. The summed E-state index contributed by atoms with van der Waals surface area (Å²) < 4.78 is 0. The molecule has 0 N–H and O–H groups in total. The number of carbonyl (C=O) groups excluding carboxylic acids is 1. The van der Waals surface area contributed by atoms with Gasteiger partial charge >= 0.3 is 0 Å². The Morgan fingerprint density at radius 3 is 2.00 bits per heavy atom. The molecule has 0 saturated carbocycles. The van der Waals surface area contributed by atoms with Crippen LogP contribution in [0.2, 0.25) is 24.2 Å². The molecule has 0 aromatic heterocycles. The number of Topliss-reactive ketones (excluding diaryl/α,β-unsaturated/α-hetero) is 1. The van der Waals surface area contributed by atoms with Crippen LogP contribution in [0.1, 0.15) is 37.6 Å². The number of hydrogen-bond acceptors (Lipinski definition) is 1. The van der Waals surface area contributed by atoms with Crippen molar-refractivity contribution in [2.24, 2.45) is 0 Å². The van der Waals surface area contributed by atoms with E-state index in [9.17, 15) is 4.79 Å². The van der Waals surface area contributed by atoms with Gasteiger partial charge < -0.3 is 0 Å². The number of ketones is 1. The highest BCUT2D eigenvalue weighted by atomic mass is 28.3. The Labute approximate surface area is 106 Å². The van der Waals surface area contributed by atoms with Gasteiger partial charge in [0.1, 0.15) is 0 Å². The van der Waals surface area contributed by atoms with Gasteiger partial charge in [-0.2, -0.15) is 0 Å². The SMILES string of the molecule is CC[Si](CC)(CC)CCC(=O)c1ccccc1. The van der Waals surface area contributed by atoms with Crippen molar-refractivity contribution in [2.45, 2.75) is 51.4 Å². The fourth-order valence-corrected chi connectivity index (χ4v) is 5.75. The molecule has 0 radical (unpaired) electrons. The molecule has 1 nitrogen and oxygen atoms in total. The van der Waals surface area contributed by atoms with Gasteiger partial charge in [-0.15, -0.1) is 0 Å². The van der Waals surface area contributed by atoms with E-state index in [1.165, 1.54) is 18.1 Å². The van der Waals surface area contributed by atoms with E-state index in [4.69, 9.17) is 0 Å². The quantitative estimate of drug-likeness (QED) is 0.502. The maximum Gasteiger partial charge on any atom is 0.162 e. The van der Waals surface area contributed by atoms with E-state index in [1.807, 2.05) is 30.3 Å². The summed E-state index contributed by atoms with van der Waals surface area (Å²) in [6, 6.07) is 14.8. The van der Waals surface area contributed by atoms with Crippen LogP contribution in [0.15, 0.2) is 30.3 Å². The zero-order chi connectivity index (χ0) is 12.7. The molecular formula is C15H24OSi. The third kappa shape index (κ3) is 3.81. The molecule has 1 aromatic rings. The maximum absolute atomic E-state index is 12.1. The van der Waals surface area contributed by atoms with E-state index < -0.39 is 8.07 Å². The minimum Gasteiger partial charge on any atom is -0.294 e. The summed E-state index contributed by atoms with van der Waals surface area (Å²) >= 11 is 0. The van der Waals surface area contributed by atoms with Gasteiger partial charge in [0.2, 0.25) is 0 Å². The van der Waals surface area contributed by atoms with Crippen molar-refractivity contribution < 1.29 is 4.79 Å². The topological polar surface area (TPSA) is 17.1 Å². The summed E-state index contributed by atoms with van der Waals surface area (Å²) in [5, 5.41) is 0. The molecule has 0 saturated heterocycles. The summed E-state index contributed by atoms with van der Waals surface area (Å²) in [5.41, 5.74) is 0.874. The first-order valence-corrected chi connectivity index (χ1v) is 9.58. The molecule has 0 bridgehead atoms. The second-order valence-electron chi connectivity index (χ2n) is 4.85. The van der Waals surface area contributed by atoms with Crippen LogP contribution in [-0.4, -0.2) is 13.9 Å². The number of rotatable bonds is 7. The predicted octanol–water partition coefficient (Wildman–Crippen LogP) is 4.77. The second kappa shape index (κ2) is 6.75. The molecule has 1 aromatic carbocycles. The molecule has 0 aliphatic carbocycles. The average molecular weight is 248 g/mol. The van der Waals surface area contributed by atoms with Gasteiger partial charge in [-0.05, 0) is 6.04 Å². The van der Waals surface area contributed by atoms with Crippen molar-refractivity contribution in [3.05, 3.63) is 35.9 Å². The van der Waals surface area contributed by atoms with E-state index in [0.717, 1.165) is 18.0 Å². The number of benzene rings is 1. The van der Waals surface area contributed by atoms with Gasteiger partial charge in [0, 0.05) is 12.0 Å². The van der Waals surface area contributed by atoms with Crippen LogP contribution in [0, 0.1) is 0 Å². The minimum absolute atomic E-state index is 0.317. The molecule has 94 valence electrons. The third-order valence-electron chi connectivity index (χ3n) is 4.23. The van der Waals surface area contributed by atoms with Crippen molar-refractivity contribution in [1.82, 2.24) is 0 Å². The van der Waals surface area contributed by atoms with Gasteiger partial charge in [-0.1, -0.05) is 69.2 Å². The van der Waals surface area contributed by atoms with E-state index in [2.05, 4.69) is 20.8 Å². The molecule has 0 heterocycles. The first kappa shape index (κ1) is 14.2. The smallest absolute Gasteiger partial charge is 0.162 e. The van der Waals surface area contributed by atoms with Crippen LogP contribution in [0.4, 0.5) is 0 Å². The summed E-state index contributed by atoms with van der Waals surface area (Å²) in [6.45, 7) is 6.89. The first-order valence-electron chi connectivity index (χ1n) is 6.75. The van der Waals surface area contributed by atoms with Crippen molar-refractivity contribution in [3.8, 4) is 0 Å². The maximum atomic E-state index is 12.1. The largest absolute Gasteiger partial charge is 0.294 e. The standard InChI is InChI=1S/C15H24OSi/c1-4-17(5-2,6-3)13-12-15(16)14-10-8-7-9-11-14/h7-11H,4-6,12-13H2,1-3H3. The Bertz CT molecular complexity index is 333. The lowest BCUT2D eigenvalue weighted by molar-refractivity contribution is 0.0987. The summed E-state index contributed by atoms with van der Waals surface area (Å²) in [6.07, 6.45) is 0.742. The highest BCUT2D eigenvalue weighted by molar-refractivity contribution is 6.79. The summed E-state index contributed by atoms with van der Waals surface area (Å²) in [7, 11) is -1.13. The number of carbonyl (C=O) groups is 1. The molecule has 17 heavy (non-hydrogen) atoms. The van der Waals surface area contributed by atoms with Crippen LogP contribution in [0.5, 0.6) is 0 Å². The Kier molecular flexibility index (Phi) is 5.62. The molecule has 2 heteroatoms. The molecular weight excluding hydrogens is 224 g/mol. The molecule has 0 unspecified atom stereocenters. The van der Waals surface area contributed by atoms with Crippen LogP contribution >= 0.6 is 0 Å². The van der Waals surface area contributed by atoms with Crippen LogP contribution in [0.25, 0.3) is 0 Å². The molecule has 0 atom stereocenters. The third-order valence-corrected chi connectivity index (χ3v) is 10.0. The lowest BCUT2D eigenvalue weighted by Gasteiger charge is -2.27. The summed E-state index contributed by atoms with van der Waals surface area (Å²) in [4.78, 5) is 12.1. The van der Waals surface area contributed by atoms with Crippen LogP contribution < -0.4 is 0 Å². The number of hydrogen-bond donors (Lipinski definition) is 0. The van der Waals surface area contributed by atoms with Gasteiger partial charge in [-0.25, -0.2) is 0 Å². The van der Waals surface area contributed by atoms with E-state index >= 15 is 0 Å². The molecule has 0 spiro atoms. The molecule has 0 aliphatic heterocycles. The minimum atomic E-state index is -1.13. The van der Waals surface area contributed by atoms with Gasteiger partial charge in [-0.3, -0.25) is 4.79 Å². The molecule has 0 amide bonds. The lowest BCUT2D eigenvalue weighted by Crippen LogP contribution is -2.31. The van der Waals surface area contributed by atoms with Gasteiger partial charge in [0.05, 0.1) is 8.07 Å². The highest BCUT2D eigenvalue weighted by Crippen LogP contribution is 2.27. The molecule has 0 fully saturated rings. The van der Waals surface area contributed by atoms with Crippen molar-refractivity contribution in [2.75, 3.05) is 0 Å². The zero-order valence-electron chi connectivity index (χ0n) is 11.3. The van der Waals surface area contributed by atoms with Crippen molar-refractivity contribution in [3.63, 3.8) is 0 Å². The zero-order valence-corrected chi connectivity index (χ0v) is 12.3. The van der Waals surface area contributed by atoms with E-state index in [0.29, 0.717) is 5.78 Å². The summed E-state index contributed by atoms with van der Waals surface area (Å²) in [5.74, 6) is 0.317. The Morgan fingerprint density at radius 1 is 1.00 bits per heavy atom. The molecule has 1 rings (SSSR count). The lowest BCUT2D eigenvalue weighted by atomic mass is 10.1. The van der Waals surface area contributed by atoms with Gasteiger partial charge in [0.15, 0.2) is 5.78 Å². The van der Waals surface area contributed by atoms with Gasteiger partial charge in [0.25, 0.3) is 0 Å². The second-order valence-corrected chi connectivity index (χ2v) is 10.5. The van der Waals surface area contributed by atoms with Crippen molar-refractivity contribution in [1.29, 1.82) is 0 Å². The normalized spacial score (nSPS) is 11.5. The van der Waals surface area contributed by atoms with E-state index in [1.54, 1.807) is 0 Å². The fraction of sp³-hybridized carbons (Fsp3) is 0.533. The highest BCUT2D eigenvalue weighted by Gasteiger charge is 2.27. The fourth-order valence-electron chi connectivity index (χ4n) is 2.43. The predicted molar refractivity (Wildman–Crippen MR) is 77.4 cm³/mol. The monoisotopic (exact) mass is 248 g/mol.